The lowest BCUT2D eigenvalue weighted by atomic mass is 9.81. The van der Waals surface area contributed by atoms with Crippen molar-refractivity contribution in [2.75, 3.05) is 6.61 Å². The summed E-state index contributed by atoms with van der Waals surface area (Å²) in [6.45, 7) is 3.99. The molecule has 1 saturated carbocycles. The summed E-state index contributed by atoms with van der Waals surface area (Å²) < 4.78 is 5.00. The molecule has 0 spiro atoms. The number of carbonyl (C=O) groups excluding carboxylic acids is 2. The second kappa shape index (κ2) is 5.10. The van der Waals surface area contributed by atoms with Gasteiger partial charge in [0, 0.05) is 6.42 Å². The van der Waals surface area contributed by atoms with Crippen molar-refractivity contribution in [3.05, 3.63) is 12.2 Å². The molecule has 0 N–H and O–H groups in total. The number of allylic oxidation sites excluding steroid dienone is 2. The zero-order valence-corrected chi connectivity index (χ0v) is 9.41. The third-order valence-electron chi connectivity index (χ3n) is 2.91. The molecule has 0 aromatic rings. The van der Waals surface area contributed by atoms with Crippen LogP contribution in [0.2, 0.25) is 0 Å². The first-order valence-corrected chi connectivity index (χ1v) is 5.49. The van der Waals surface area contributed by atoms with Crippen LogP contribution in [0.5, 0.6) is 0 Å². The van der Waals surface area contributed by atoms with Crippen LogP contribution in [-0.4, -0.2) is 18.4 Å². The van der Waals surface area contributed by atoms with Crippen molar-refractivity contribution in [2.45, 2.75) is 39.5 Å². The normalized spacial score (nSPS) is 26.1. The molecule has 0 radical (unpaired) electrons. The molecule has 0 aliphatic heterocycles. The third kappa shape index (κ3) is 2.28. The van der Waals surface area contributed by atoms with E-state index in [2.05, 4.69) is 0 Å². The van der Waals surface area contributed by atoms with Crippen molar-refractivity contribution in [3.8, 4) is 0 Å². The van der Waals surface area contributed by atoms with E-state index in [4.69, 9.17) is 4.74 Å². The van der Waals surface area contributed by atoms with Gasteiger partial charge in [0.15, 0.2) is 5.78 Å². The average molecular weight is 210 g/mol. The van der Waals surface area contributed by atoms with E-state index in [0.717, 1.165) is 6.42 Å². The summed E-state index contributed by atoms with van der Waals surface area (Å²) in [6.07, 6.45) is 6.18. The molecule has 1 fully saturated rings. The zero-order chi connectivity index (χ0) is 11.3. The van der Waals surface area contributed by atoms with Crippen molar-refractivity contribution in [3.63, 3.8) is 0 Å². The van der Waals surface area contributed by atoms with Gasteiger partial charge in [-0.3, -0.25) is 9.59 Å². The number of carbonyl (C=O) groups is 2. The fraction of sp³-hybridized carbons (Fsp3) is 0.667. The van der Waals surface area contributed by atoms with Gasteiger partial charge in [-0.2, -0.15) is 0 Å². The Balaban J connectivity index is 2.85. The molecule has 0 heterocycles. The van der Waals surface area contributed by atoms with E-state index in [1.54, 1.807) is 6.92 Å². The molecule has 0 bridgehead atoms. The fourth-order valence-corrected chi connectivity index (χ4v) is 2.03. The summed E-state index contributed by atoms with van der Waals surface area (Å²) in [4.78, 5) is 23.6. The summed E-state index contributed by atoms with van der Waals surface area (Å²) in [7, 11) is 0. The smallest absolute Gasteiger partial charge is 0.319 e. The standard InChI is InChI=1S/C12H18O3/c1-3-5-8-12(11(14)15-4-2)9-6-7-10(12)13/h3,5H,4,6-9H2,1-2H3/b5-3-. The highest BCUT2D eigenvalue weighted by molar-refractivity contribution is 6.05. The summed E-state index contributed by atoms with van der Waals surface area (Å²) in [6, 6.07) is 0. The van der Waals surface area contributed by atoms with Gasteiger partial charge in [-0.25, -0.2) is 0 Å². The average Bonchev–Trinajstić information content (AvgIpc) is 2.58. The molecule has 1 aliphatic rings. The monoisotopic (exact) mass is 210 g/mol. The number of ether oxygens (including phenoxy) is 1. The van der Waals surface area contributed by atoms with E-state index in [-0.39, 0.29) is 11.8 Å². The van der Waals surface area contributed by atoms with Crippen LogP contribution < -0.4 is 0 Å². The highest BCUT2D eigenvalue weighted by Gasteiger charge is 2.48. The fourth-order valence-electron chi connectivity index (χ4n) is 2.03. The first-order chi connectivity index (χ1) is 7.17. The van der Waals surface area contributed by atoms with E-state index in [0.29, 0.717) is 25.9 Å². The maximum absolute atomic E-state index is 11.8. The lowest BCUT2D eigenvalue weighted by molar-refractivity contribution is -0.158. The van der Waals surface area contributed by atoms with Gasteiger partial charge >= 0.3 is 5.97 Å². The molecule has 3 nitrogen and oxygen atoms in total. The maximum Gasteiger partial charge on any atom is 0.319 e. The van der Waals surface area contributed by atoms with Crippen LogP contribution in [0.25, 0.3) is 0 Å². The maximum atomic E-state index is 11.8. The van der Waals surface area contributed by atoms with Crippen molar-refractivity contribution < 1.29 is 14.3 Å². The number of Topliss-reactive ketones (excluding diaryl/α,β-unsaturated/α-hetero) is 1. The summed E-state index contributed by atoms with van der Waals surface area (Å²) >= 11 is 0. The van der Waals surface area contributed by atoms with Gasteiger partial charge in [0.25, 0.3) is 0 Å². The Morgan fingerprint density at radius 3 is 2.80 bits per heavy atom. The van der Waals surface area contributed by atoms with Gasteiger partial charge in [-0.15, -0.1) is 0 Å². The third-order valence-corrected chi connectivity index (χ3v) is 2.91. The molecule has 1 rings (SSSR count). The highest BCUT2D eigenvalue weighted by Crippen LogP contribution is 2.39. The molecule has 15 heavy (non-hydrogen) atoms. The topological polar surface area (TPSA) is 43.4 Å². The van der Waals surface area contributed by atoms with Gasteiger partial charge in [0.2, 0.25) is 0 Å². The van der Waals surface area contributed by atoms with Crippen LogP contribution in [-0.2, 0) is 14.3 Å². The van der Waals surface area contributed by atoms with Crippen LogP contribution in [0.3, 0.4) is 0 Å². The largest absolute Gasteiger partial charge is 0.465 e. The van der Waals surface area contributed by atoms with Crippen LogP contribution >= 0.6 is 0 Å². The van der Waals surface area contributed by atoms with E-state index < -0.39 is 5.41 Å². The van der Waals surface area contributed by atoms with E-state index >= 15 is 0 Å². The first-order valence-electron chi connectivity index (χ1n) is 5.49. The van der Waals surface area contributed by atoms with Gasteiger partial charge in [0.1, 0.15) is 5.41 Å². The van der Waals surface area contributed by atoms with E-state index in [1.807, 2.05) is 19.1 Å². The molecular formula is C12H18O3. The number of esters is 1. The summed E-state index contributed by atoms with van der Waals surface area (Å²) in [5.74, 6) is -0.301. The predicted molar refractivity (Wildman–Crippen MR) is 57.4 cm³/mol. The second-order valence-corrected chi connectivity index (χ2v) is 3.85. The number of hydrogen-bond acceptors (Lipinski definition) is 3. The Morgan fingerprint density at radius 1 is 1.60 bits per heavy atom. The van der Waals surface area contributed by atoms with E-state index in [1.165, 1.54) is 0 Å². The van der Waals surface area contributed by atoms with Crippen LogP contribution in [0.15, 0.2) is 12.2 Å². The minimum Gasteiger partial charge on any atom is -0.465 e. The van der Waals surface area contributed by atoms with Crippen LogP contribution in [0.4, 0.5) is 0 Å². The van der Waals surface area contributed by atoms with Crippen molar-refractivity contribution in [2.24, 2.45) is 5.41 Å². The lowest BCUT2D eigenvalue weighted by Crippen LogP contribution is -2.36. The molecule has 0 amide bonds. The summed E-state index contributed by atoms with van der Waals surface area (Å²) in [5.41, 5.74) is -0.872. The van der Waals surface area contributed by atoms with Crippen LogP contribution in [0.1, 0.15) is 39.5 Å². The molecule has 0 saturated heterocycles. The Bertz CT molecular complexity index is 281. The molecular weight excluding hydrogens is 192 g/mol. The molecule has 1 unspecified atom stereocenters. The quantitative estimate of drug-likeness (QED) is 0.406. The number of hydrogen-bond donors (Lipinski definition) is 0. The zero-order valence-electron chi connectivity index (χ0n) is 9.41. The van der Waals surface area contributed by atoms with Gasteiger partial charge in [-0.1, -0.05) is 12.2 Å². The Morgan fingerprint density at radius 2 is 2.33 bits per heavy atom. The SMILES string of the molecule is C/C=C\CC1(C(=O)OCC)CCCC1=O. The van der Waals surface area contributed by atoms with Crippen LogP contribution in [0, 0.1) is 5.41 Å². The summed E-state index contributed by atoms with van der Waals surface area (Å²) in [5, 5.41) is 0. The Kier molecular flexibility index (Phi) is 4.06. The minimum absolute atomic E-state index is 0.0408. The molecule has 1 aliphatic carbocycles. The molecule has 0 aromatic carbocycles. The predicted octanol–water partition coefficient (Wildman–Crippen LogP) is 2.26. The molecule has 1 atom stereocenters. The number of ketones is 1. The molecule has 0 aromatic heterocycles. The number of rotatable bonds is 4. The second-order valence-electron chi connectivity index (χ2n) is 3.85. The molecule has 3 heteroatoms. The molecule has 84 valence electrons. The highest BCUT2D eigenvalue weighted by atomic mass is 16.5. The van der Waals surface area contributed by atoms with Crippen molar-refractivity contribution in [1.82, 2.24) is 0 Å². The van der Waals surface area contributed by atoms with Gasteiger partial charge in [0.05, 0.1) is 6.61 Å². The Hall–Kier alpha value is -1.12. The lowest BCUT2D eigenvalue weighted by Gasteiger charge is -2.23. The minimum atomic E-state index is -0.872. The van der Waals surface area contributed by atoms with Gasteiger partial charge in [-0.05, 0) is 33.1 Å². The van der Waals surface area contributed by atoms with Crippen molar-refractivity contribution in [1.29, 1.82) is 0 Å². The first kappa shape index (κ1) is 12.0. The van der Waals surface area contributed by atoms with Gasteiger partial charge < -0.3 is 4.74 Å². The van der Waals surface area contributed by atoms with E-state index in [9.17, 15) is 9.59 Å². The Labute approximate surface area is 90.5 Å². The van der Waals surface area contributed by atoms with Crippen molar-refractivity contribution >= 4 is 11.8 Å².